The summed E-state index contributed by atoms with van der Waals surface area (Å²) < 4.78 is 7.51. The van der Waals surface area contributed by atoms with Gasteiger partial charge in [-0.25, -0.2) is 0 Å². The molecule has 1 aliphatic rings. The number of hydrogen-bond donors (Lipinski definition) is 2. The van der Waals surface area contributed by atoms with Gasteiger partial charge in [-0.2, -0.15) is 5.10 Å². The predicted molar refractivity (Wildman–Crippen MR) is 66.8 cm³/mol. The van der Waals surface area contributed by atoms with E-state index in [-0.39, 0.29) is 5.75 Å². The van der Waals surface area contributed by atoms with Crippen LogP contribution in [0.4, 0.5) is 0 Å². The molecular formula is C13H15N3O2. The molecule has 1 aliphatic heterocycles. The minimum absolute atomic E-state index is 0.195. The molecule has 0 radical (unpaired) electrons. The van der Waals surface area contributed by atoms with Gasteiger partial charge in [0, 0.05) is 31.6 Å². The second kappa shape index (κ2) is 4.70. The number of phenolic OH excluding ortho intramolecular Hbond substituents is 1. The van der Waals surface area contributed by atoms with Crippen LogP contribution in [0.15, 0.2) is 36.7 Å². The van der Waals surface area contributed by atoms with E-state index >= 15 is 0 Å². The number of nitrogens with one attached hydrogen (secondary N) is 1. The number of phenols is 1. The summed E-state index contributed by atoms with van der Waals surface area (Å²) in [4.78, 5) is 0. The normalized spacial score (nSPS) is 15.3. The molecule has 94 valence electrons. The predicted octanol–water partition coefficient (Wildman–Crippen LogP) is 1.60. The average Bonchev–Trinajstić information content (AvgIpc) is 2.71. The quantitative estimate of drug-likeness (QED) is 0.859. The number of aromatic hydroxyl groups is 1. The van der Waals surface area contributed by atoms with Crippen molar-refractivity contribution in [3.63, 3.8) is 0 Å². The first-order valence-corrected chi connectivity index (χ1v) is 6.00. The zero-order valence-electron chi connectivity index (χ0n) is 9.91. The molecule has 3 rings (SSSR count). The third kappa shape index (κ3) is 2.46. The van der Waals surface area contributed by atoms with Crippen LogP contribution in [0.2, 0.25) is 0 Å². The van der Waals surface area contributed by atoms with Gasteiger partial charge in [-0.05, 0) is 12.1 Å². The van der Waals surface area contributed by atoms with Crippen LogP contribution in [0, 0.1) is 5.92 Å². The lowest BCUT2D eigenvalue weighted by atomic mass is 10.0. The summed E-state index contributed by atoms with van der Waals surface area (Å²) in [5, 5.41) is 16.8. The molecule has 1 fully saturated rings. The van der Waals surface area contributed by atoms with Gasteiger partial charge in [0.05, 0.1) is 12.4 Å². The Balaban J connectivity index is 1.65. The first-order chi connectivity index (χ1) is 8.79. The minimum atomic E-state index is 0.195. The van der Waals surface area contributed by atoms with E-state index in [9.17, 15) is 5.11 Å². The maximum atomic E-state index is 9.35. The van der Waals surface area contributed by atoms with Gasteiger partial charge < -0.3 is 15.2 Å². The van der Waals surface area contributed by atoms with E-state index in [1.165, 1.54) is 0 Å². The molecule has 1 saturated heterocycles. The van der Waals surface area contributed by atoms with Crippen molar-refractivity contribution >= 4 is 0 Å². The lowest BCUT2D eigenvalue weighted by Gasteiger charge is -2.26. The third-order valence-electron chi connectivity index (χ3n) is 2.97. The zero-order valence-corrected chi connectivity index (χ0v) is 9.91. The van der Waals surface area contributed by atoms with Crippen LogP contribution in [0.25, 0.3) is 0 Å². The van der Waals surface area contributed by atoms with E-state index in [0.717, 1.165) is 19.6 Å². The second-order valence-corrected chi connectivity index (χ2v) is 4.52. The fourth-order valence-corrected chi connectivity index (χ4v) is 1.92. The molecule has 1 aromatic heterocycles. The molecule has 1 aromatic carbocycles. The first kappa shape index (κ1) is 11.1. The Labute approximate surface area is 105 Å². The standard InChI is InChI=1S/C13H15N3O2/c17-11-2-1-3-12(4-11)18-13-7-15-16(9-13)8-10-5-14-6-10/h1-4,7,9-10,14,17H,5-6,8H2. The van der Waals surface area contributed by atoms with Gasteiger partial charge >= 0.3 is 0 Å². The van der Waals surface area contributed by atoms with Crippen LogP contribution in [0.5, 0.6) is 17.2 Å². The molecule has 0 spiro atoms. The molecule has 5 heteroatoms. The van der Waals surface area contributed by atoms with Gasteiger partial charge in [-0.1, -0.05) is 6.07 Å². The Kier molecular flexibility index (Phi) is 2.90. The molecule has 0 aliphatic carbocycles. The summed E-state index contributed by atoms with van der Waals surface area (Å²) in [5.74, 6) is 2.16. The lowest BCUT2D eigenvalue weighted by Crippen LogP contribution is -2.44. The third-order valence-corrected chi connectivity index (χ3v) is 2.97. The van der Waals surface area contributed by atoms with Gasteiger partial charge in [0.25, 0.3) is 0 Å². The number of hydrogen-bond acceptors (Lipinski definition) is 4. The number of aromatic nitrogens is 2. The monoisotopic (exact) mass is 245 g/mol. The largest absolute Gasteiger partial charge is 0.508 e. The van der Waals surface area contributed by atoms with Gasteiger partial charge in [-0.15, -0.1) is 0 Å². The number of rotatable bonds is 4. The molecule has 5 nitrogen and oxygen atoms in total. The van der Waals surface area contributed by atoms with Crippen LogP contribution in [-0.2, 0) is 6.54 Å². The summed E-state index contributed by atoms with van der Waals surface area (Å²) in [6.45, 7) is 3.03. The summed E-state index contributed by atoms with van der Waals surface area (Å²) >= 11 is 0. The molecular weight excluding hydrogens is 230 g/mol. The van der Waals surface area contributed by atoms with Crippen LogP contribution >= 0.6 is 0 Å². The topological polar surface area (TPSA) is 59.3 Å². The highest BCUT2D eigenvalue weighted by atomic mass is 16.5. The Bertz CT molecular complexity index is 535. The molecule has 2 heterocycles. The molecule has 0 unspecified atom stereocenters. The van der Waals surface area contributed by atoms with Crippen molar-refractivity contribution in [2.45, 2.75) is 6.54 Å². The smallest absolute Gasteiger partial charge is 0.165 e. The van der Waals surface area contributed by atoms with Crippen molar-refractivity contribution in [1.29, 1.82) is 0 Å². The first-order valence-electron chi connectivity index (χ1n) is 6.00. The van der Waals surface area contributed by atoms with E-state index in [4.69, 9.17) is 4.74 Å². The number of ether oxygens (including phenoxy) is 1. The van der Waals surface area contributed by atoms with E-state index in [1.54, 1.807) is 30.5 Å². The Morgan fingerprint density at radius 1 is 1.39 bits per heavy atom. The van der Waals surface area contributed by atoms with Crippen LogP contribution < -0.4 is 10.1 Å². The van der Waals surface area contributed by atoms with Crippen molar-refractivity contribution in [3.05, 3.63) is 36.7 Å². The Morgan fingerprint density at radius 2 is 2.28 bits per heavy atom. The van der Waals surface area contributed by atoms with Crippen molar-refractivity contribution < 1.29 is 9.84 Å². The maximum Gasteiger partial charge on any atom is 0.165 e. The summed E-state index contributed by atoms with van der Waals surface area (Å²) in [5.41, 5.74) is 0. The summed E-state index contributed by atoms with van der Waals surface area (Å²) in [6.07, 6.45) is 3.57. The maximum absolute atomic E-state index is 9.35. The van der Waals surface area contributed by atoms with Crippen molar-refractivity contribution in [1.82, 2.24) is 15.1 Å². The van der Waals surface area contributed by atoms with Gasteiger partial charge in [-0.3, -0.25) is 4.68 Å². The van der Waals surface area contributed by atoms with Crippen LogP contribution in [0.1, 0.15) is 0 Å². The van der Waals surface area contributed by atoms with E-state index in [2.05, 4.69) is 10.4 Å². The summed E-state index contributed by atoms with van der Waals surface area (Å²) in [6, 6.07) is 6.73. The fourth-order valence-electron chi connectivity index (χ4n) is 1.92. The highest BCUT2D eigenvalue weighted by molar-refractivity contribution is 5.34. The zero-order chi connectivity index (χ0) is 12.4. The fraction of sp³-hybridized carbons (Fsp3) is 0.308. The Morgan fingerprint density at radius 3 is 3.00 bits per heavy atom. The molecule has 18 heavy (non-hydrogen) atoms. The Hall–Kier alpha value is -2.01. The van der Waals surface area contributed by atoms with Crippen molar-refractivity contribution in [3.8, 4) is 17.2 Å². The van der Waals surface area contributed by atoms with Crippen LogP contribution in [0.3, 0.4) is 0 Å². The van der Waals surface area contributed by atoms with E-state index in [1.807, 2.05) is 10.9 Å². The highest BCUT2D eigenvalue weighted by Gasteiger charge is 2.17. The summed E-state index contributed by atoms with van der Waals surface area (Å²) in [7, 11) is 0. The lowest BCUT2D eigenvalue weighted by molar-refractivity contribution is 0.295. The number of benzene rings is 1. The van der Waals surface area contributed by atoms with Crippen molar-refractivity contribution in [2.75, 3.05) is 13.1 Å². The van der Waals surface area contributed by atoms with E-state index < -0.39 is 0 Å². The minimum Gasteiger partial charge on any atom is -0.508 e. The molecule has 0 amide bonds. The molecule has 2 N–H and O–H groups in total. The average molecular weight is 245 g/mol. The molecule has 2 aromatic rings. The van der Waals surface area contributed by atoms with Crippen molar-refractivity contribution in [2.24, 2.45) is 5.92 Å². The molecule has 0 atom stereocenters. The van der Waals surface area contributed by atoms with Gasteiger partial charge in [0.1, 0.15) is 11.5 Å². The number of nitrogens with zero attached hydrogens (tertiary/aromatic N) is 2. The highest BCUT2D eigenvalue weighted by Crippen LogP contribution is 2.24. The second-order valence-electron chi connectivity index (χ2n) is 4.52. The molecule has 0 bridgehead atoms. The van der Waals surface area contributed by atoms with E-state index in [0.29, 0.717) is 17.4 Å². The van der Waals surface area contributed by atoms with Crippen LogP contribution in [-0.4, -0.2) is 28.0 Å². The van der Waals surface area contributed by atoms with Gasteiger partial charge in [0.2, 0.25) is 0 Å². The van der Waals surface area contributed by atoms with Gasteiger partial charge in [0.15, 0.2) is 5.75 Å². The SMILES string of the molecule is Oc1cccc(Oc2cnn(CC3CNC3)c2)c1. The molecule has 0 saturated carbocycles.